The molecule has 0 radical (unpaired) electrons. The number of aromatic amines is 2. The van der Waals surface area contributed by atoms with Crippen molar-refractivity contribution in [2.45, 2.75) is 79.1 Å². The van der Waals surface area contributed by atoms with Gasteiger partial charge in [0.15, 0.2) is 45.3 Å². The van der Waals surface area contributed by atoms with Crippen molar-refractivity contribution < 1.29 is 51.6 Å². The van der Waals surface area contributed by atoms with E-state index in [9.17, 15) is 9.59 Å². The van der Waals surface area contributed by atoms with Gasteiger partial charge in [0.2, 0.25) is 13.6 Å². The molecule has 0 aliphatic heterocycles. The number of benzene rings is 7. The van der Waals surface area contributed by atoms with Crippen LogP contribution in [0.5, 0.6) is 40.2 Å². The molecule has 0 aliphatic carbocycles. The van der Waals surface area contributed by atoms with Crippen molar-refractivity contribution in [1.82, 2.24) is 9.97 Å². The number of hydrogen-bond acceptors (Lipinski definition) is 11. The second-order valence-electron chi connectivity index (χ2n) is 17.8. The van der Waals surface area contributed by atoms with Crippen LogP contribution in [0.25, 0.3) is 44.4 Å². The molecule has 0 amide bonds. The number of aryl methyl sites for hydroxylation is 3. The van der Waals surface area contributed by atoms with Gasteiger partial charge in [-0.15, -0.1) is 0 Å². The first-order valence-corrected chi connectivity index (χ1v) is 25.6. The lowest BCUT2D eigenvalue weighted by atomic mass is 10.1. The summed E-state index contributed by atoms with van der Waals surface area (Å²) >= 11 is 14.4. The highest BCUT2D eigenvalue weighted by Gasteiger charge is 2.23. The van der Waals surface area contributed by atoms with Crippen molar-refractivity contribution in [2.75, 3.05) is 20.2 Å². The Morgan fingerprint density at radius 2 is 0.892 bits per heavy atom. The molecule has 2 heterocycles. The normalized spacial score (nSPS) is 11.3. The fourth-order valence-corrected chi connectivity index (χ4v) is 8.53. The number of unbranched alkanes of at least 4 members (excludes halogenated alkanes) is 3. The SMILES string of the molecule is CCCCOc1ccc(OCOc2cc3[nH]c4c(Cl)c5oc6cc(OC(=O)c7ccc(CCCC)cc7)c(OCOc7ccc(C)cc7)cc6[nH]c5c(Cl)c4oc3cc2OC(=O)c2ccc(CCCC)cc2)cc1. The van der Waals surface area contributed by atoms with Crippen LogP contribution in [0.1, 0.15) is 96.7 Å². The van der Waals surface area contributed by atoms with E-state index in [2.05, 4.69) is 30.7 Å². The maximum Gasteiger partial charge on any atom is 0.343 e. The van der Waals surface area contributed by atoms with E-state index in [1.54, 1.807) is 48.5 Å². The van der Waals surface area contributed by atoms with Crippen LogP contribution in [0.3, 0.4) is 0 Å². The van der Waals surface area contributed by atoms with E-state index in [0.29, 0.717) is 40.3 Å². The van der Waals surface area contributed by atoms with Gasteiger partial charge in [-0.25, -0.2) is 9.59 Å². The van der Waals surface area contributed by atoms with E-state index < -0.39 is 11.9 Å². The van der Waals surface area contributed by atoms with Crippen LogP contribution in [-0.2, 0) is 12.8 Å². The Morgan fingerprint density at radius 3 is 1.31 bits per heavy atom. The summed E-state index contributed by atoms with van der Waals surface area (Å²) in [6, 6.07) is 35.7. The Bertz CT molecular complexity index is 3450. The summed E-state index contributed by atoms with van der Waals surface area (Å²) in [5.74, 6) is 1.14. The molecule has 13 nitrogen and oxygen atoms in total. The Morgan fingerprint density at radius 1 is 0.486 bits per heavy atom. The van der Waals surface area contributed by atoms with Crippen molar-refractivity contribution in [1.29, 1.82) is 0 Å². The third-order valence-electron chi connectivity index (χ3n) is 12.2. The number of fused-ring (bicyclic) bond motifs is 4. The number of rotatable bonds is 22. The fourth-order valence-electron chi connectivity index (χ4n) is 8.00. The van der Waals surface area contributed by atoms with Gasteiger partial charge in [0, 0.05) is 24.3 Å². The van der Waals surface area contributed by atoms with Gasteiger partial charge in [0.25, 0.3) is 0 Å². The van der Waals surface area contributed by atoms with Crippen molar-refractivity contribution >= 4 is 79.5 Å². The zero-order valence-electron chi connectivity index (χ0n) is 41.6. The largest absolute Gasteiger partial charge is 0.494 e. The molecular weight excluding hydrogens is 984 g/mol. The van der Waals surface area contributed by atoms with Crippen LogP contribution in [0.15, 0.2) is 130 Å². The first-order chi connectivity index (χ1) is 36.1. The predicted octanol–water partition coefficient (Wildman–Crippen LogP) is 16.0. The van der Waals surface area contributed by atoms with E-state index >= 15 is 0 Å². The molecule has 9 rings (SSSR count). The summed E-state index contributed by atoms with van der Waals surface area (Å²) in [7, 11) is 0. The topological polar surface area (TPSA) is 157 Å². The minimum Gasteiger partial charge on any atom is -0.494 e. The molecule has 2 N–H and O–H groups in total. The Hall–Kier alpha value is -7.74. The number of halogens is 2. The molecule has 74 heavy (non-hydrogen) atoms. The number of carbonyl (C=O) groups is 2. The lowest BCUT2D eigenvalue weighted by molar-refractivity contribution is 0.0704. The molecule has 0 aliphatic rings. The molecule has 7 aromatic carbocycles. The average Bonchev–Trinajstić information content (AvgIpc) is 3.42. The highest BCUT2D eigenvalue weighted by atomic mass is 35.5. The molecule has 382 valence electrons. The van der Waals surface area contributed by atoms with Gasteiger partial charge in [0.1, 0.15) is 38.3 Å². The second-order valence-corrected chi connectivity index (χ2v) is 18.5. The van der Waals surface area contributed by atoms with Crippen LogP contribution < -0.4 is 33.2 Å². The van der Waals surface area contributed by atoms with E-state index in [1.807, 2.05) is 67.6 Å². The third-order valence-corrected chi connectivity index (χ3v) is 13.0. The first-order valence-electron chi connectivity index (χ1n) is 24.8. The minimum absolute atomic E-state index is 0.0623. The van der Waals surface area contributed by atoms with E-state index in [-0.39, 0.29) is 80.0 Å². The molecule has 0 fully saturated rings. The molecule has 0 saturated heterocycles. The monoisotopic (exact) mass is 1040 g/mol. The van der Waals surface area contributed by atoms with Crippen LogP contribution in [-0.4, -0.2) is 42.1 Å². The van der Waals surface area contributed by atoms with Crippen LogP contribution in [0.2, 0.25) is 10.0 Å². The summed E-state index contributed by atoms with van der Waals surface area (Å²) in [6.45, 7) is 8.54. The third kappa shape index (κ3) is 12.2. The average molecular weight is 1040 g/mol. The maximum absolute atomic E-state index is 13.7. The molecule has 0 atom stereocenters. The standard InChI is InChI=1S/C59H56Cl2N2O11/c1-5-8-11-37-15-19-39(20-16-37)58(64)73-50-32-46-44(30-48(50)69-34-67-42-23-13-36(4)14-24-42)62-54-52(60)57-55(53(61)56(54)71-46)63-45-31-49(70-35-68-43-27-25-41(26-28-43)66-29-10-7-3)51(33-47(45)72-57)74-59(65)40-21-17-38(18-22-40)12-9-6-2/h13-28,30-33,62-63H,5-12,29,34-35H2,1-4H3. The number of esters is 2. The number of hydrogen-bond donors (Lipinski definition) is 2. The Kier molecular flexibility index (Phi) is 16.5. The second kappa shape index (κ2) is 23.9. The number of carbonyl (C=O) groups excluding carboxylic acids is 2. The van der Waals surface area contributed by atoms with Crippen molar-refractivity contribution in [3.63, 3.8) is 0 Å². The van der Waals surface area contributed by atoms with E-state index in [4.69, 9.17) is 65.2 Å². The lowest BCUT2D eigenvalue weighted by Crippen LogP contribution is -2.11. The maximum atomic E-state index is 13.7. The highest BCUT2D eigenvalue weighted by Crippen LogP contribution is 2.43. The van der Waals surface area contributed by atoms with E-state index in [0.717, 1.165) is 73.8 Å². The van der Waals surface area contributed by atoms with Gasteiger partial charge in [-0.3, -0.25) is 0 Å². The number of aromatic nitrogens is 2. The fraction of sp³-hybridized carbons (Fsp3) is 0.254. The molecular formula is C59H56Cl2N2O11. The highest BCUT2D eigenvalue weighted by molar-refractivity contribution is 6.45. The minimum atomic E-state index is -0.602. The van der Waals surface area contributed by atoms with Crippen LogP contribution in [0.4, 0.5) is 0 Å². The quantitative estimate of drug-likeness (QED) is 0.0219. The molecule has 0 saturated carbocycles. The first kappa shape index (κ1) is 51.2. The molecule has 0 bridgehead atoms. The summed E-state index contributed by atoms with van der Waals surface area (Å²) in [6.07, 6.45) is 8.02. The van der Waals surface area contributed by atoms with Crippen LogP contribution in [0, 0.1) is 6.92 Å². The summed E-state index contributed by atoms with van der Waals surface area (Å²) < 4.78 is 54.9. The zero-order valence-corrected chi connectivity index (χ0v) is 43.1. The van der Waals surface area contributed by atoms with E-state index in [1.165, 1.54) is 12.1 Å². The van der Waals surface area contributed by atoms with Crippen LogP contribution >= 0.6 is 23.2 Å². The van der Waals surface area contributed by atoms with Gasteiger partial charge < -0.3 is 52.0 Å². The van der Waals surface area contributed by atoms with Gasteiger partial charge in [0.05, 0.1) is 28.8 Å². The molecule has 2 aromatic heterocycles. The Balaban J connectivity index is 1.07. The zero-order chi connectivity index (χ0) is 51.6. The van der Waals surface area contributed by atoms with Gasteiger partial charge in [-0.05, 0) is 111 Å². The summed E-state index contributed by atoms with van der Waals surface area (Å²) in [5.41, 5.74) is 6.28. The van der Waals surface area contributed by atoms with Crippen molar-refractivity contribution in [3.05, 3.63) is 159 Å². The molecule has 15 heteroatoms. The van der Waals surface area contributed by atoms with Crippen molar-refractivity contribution in [3.8, 4) is 40.2 Å². The molecule has 9 aromatic rings. The smallest absolute Gasteiger partial charge is 0.343 e. The van der Waals surface area contributed by atoms with Gasteiger partial charge in [-0.2, -0.15) is 0 Å². The summed E-state index contributed by atoms with van der Waals surface area (Å²) in [5, 5.41) is 0.228. The number of H-pyrrole nitrogens is 2. The number of ether oxygens (including phenoxy) is 7. The van der Waals surface area contributed by atoms with Crippen molar-refractivity contribution in [2.24, 2.45) is 0 Å². The number of nitrogens with one attached hydrogen (secondary N) is 2. The van der Waals surface area contributed by atoms with Gasteiger partial charge in [-0.1, -0.05) is 105 Å². The predicted molar refractivity (Wildman–Crippen MR) is 288 cm³/mol. The van der Waals surface area contributed by atoms with Gasteiger partial charge >= 0.3 is 11.9 Å². The summed E-state index contributed by atoms with van der Waals surface area (Å²) in [4.78, 5) is 34.0. The molecule has 0 unspecified atom stereocenters. The Labute approximate surface area is 437 Å². The lowest BCUT2D eigenvalue weighted by Gasteiger charge is -2.16. The molecule has 0 spiro atoms.